The van der Waals surface area contributed by atoms with E-state index in [0.717, 1.165) is 27.7 Å². The third kappa shape index (κ3) is 8.59. The van der Waals surface area contributed by atoms with Gasteiger partial charge in [0.25, 0.3) is 0 Å². The normalized spacial score (nSPS) is 19.5. The van der Waals surface area contributed by atoms with Crippen LogP contribution in [0.4, 0.5) is 0 Å². The average Bonchev–Trinajstić information content (AvgIpc) is 3.08. The fraction of sp³-hybridized carbons (Fsp3) is 0.361. The van der Waals surface area contributed by atoms with Crippen molar-refractivity contribution in [2.45, 2.75) is 65.3 Å². The van der Waals surface area contributed by atoms with Gasteiger partial charge in [0, 0.05) is 33.3 Å². The van der Waals surface area contributed by atoms with Crippen LogP contribution in [0.3, 0.4) is 0 Å². The lowest BCUT2D eigenvalue weighted by Crippen LogP contribution is -2.60. The summed E-state index contributed by atoms with van der Waals surface area (Å²) in [6.45, 7) is 5.52. The lowest BCUT2D eigenvalue weighted by molar-refractivity contribution is -0.268. The Kier molecular flexibility index (Phi) is 12.6. The van der Waals surface area contributed by atoms with E-state index >= 15 is 0 Å². The lowest BCUT2D eigenvalue weighted by atomic mass is 9.90. The van der Waals surface area contributed by atoms with Gasteiger partial charge >= 0.3 is 29.8 Å². The monoisotopic (exact) mass is 720 g/mol. The van der Waals surface area contributed by atoms with Gasteiger partial charge in [0.15, 0.2) is 24.5 Å². The number of ether oxygens (including phenoxy) is 7. The zero-order valence-corrected chi connectivity index (χ0v) is 29.5. The molecular formula is C36H36N2O12S. The van der Waals surface area contributed by atoms with Crippen LogP contribution in [-0.4, -0.2) is 79.2 Å². The maximum atomic E-state index is 14.1. The molecule has 0 bridgehead atoms. The molecule has 1 aromatic heterocycles. The Labute approximate surface area is 298 Å². The summed E-state index contributed by atoms with van der Waals surface area (Å²) >= 11 is 6.01. The van der Waals surface area contributed by atoms with E-state index in [1.807, 2.05) is 0 Å². The predicted molar refractivity (Wildman–Crippen MR) is 181 cm³/mol. The van der Waals surface area contributed by atoms with Crippen LogP contribution in [0.15, 0.2) is 54.6 Å². The molecule has 0 saturated carbocycles. The van der Waals surface area contributed by atoms with Crippen LogP contribution in [0.1, 0.15) is 56.8 Å². The number of pyridine rings is 1. The molecule has 268 valence electrons. The molecule has 0 spiro atoms. The summed E-state index contributed by atoms with van der Waals surface area (Å²) in [5, 5.41) is 10.7. The number of hydrogen-bond acceptors (Lipinski definition) is 14. The Bertz CT molecular complexity index is 1900. The number of nitriles is 1. The maximum Gasteiger partial charge on any atom is 0.340 e. The molecule has 2 aromatic carbocycles. The maximum absolute atomic E-state index is 14.1. The zero-order valence-electron chi connectivity index (χ0n) is 28.7. The number of nitrogens with zero attached hydrogens (tertiary/aromatic N) is 2. The topological polar surface area (TPSA) is 179 Å². The molecule has 0 amide bonds. The van der Waals surface area contributed by atoms with E-state index < -0.39 is 67.1 Å². The van der Waals surface area contributed by atoms with E-state index in [0.29, 0.717) is 16.9 Å². The van der Waals surface area contributed by atoms with E-state index in [1.54, 1.807) is 61.5 Å². The Morgan fingerprint density at radius 3 is 1.92 bits per heavy atom. The number of aromatic nitrogens is 1. The standard InChI is InChI=1S/C36H36N2O12S/c1-7-45-36(43)29-28(23-13-15-25(44-6)16-14-23)26(17-37)35(51)38(30(29)24-11-9-8-10-12-24)34-33(49-22(5)42)32(48-21(4)41)31(47-20(3)40)27(50-34)18-46-19(2)39/h8-16,27,31-34H,7,18H2,1-6H3/t27-,31+,32+,33-,34-/m0/s1. The molecule has 3 aromatic rings. The smallest absolute Gasteiger partial charge is 0.340 e. The van der Waals surface area contributed by atoms with Gasteiger partial charge in [-0.2, -0.15) is 5.26 Å². The number of benzene rings is 2. The number of carbonyl (C=O) groups is 5. The van der Waals surface area contributed by atoms with Crippen molar-refractivity contribution in [1.29, 1.82) is 5.26 Å². The highest BCUT2D eigenvalue weighted by Crippen LogP contribution is 2.43. The van der Waals surface area contributed by atoms with Crippen LogP contribution < -0.4 is 4.74 Å². The van der Waals surface area contributed by atoms with Crippen molar-refractivity contribution in [3.8, 4) is 34.2 Å². The first-order chi connectivity index (χ1) is 24.3. The summed E-state index contributed by atoms with van der Waals surface area (Å²) in [5.74, 6) is -3.51. The number of hydrogen-bond donors (Lipinski definition) is 0. The van der Waals surface area contributed by atoms with Crippen LogP contribution in [0.25, 0.3) is 22.4 Å². The highest BCUT2D eigenvalue weighted by molar-refractivity contribution is 7.71. The van der Waals surface area contributed by atoms with Crippen LogP contribution in [0, 0.1) is 16.0 Å². The number of esters is 5. The molecule has 1 saturated heterocycles. The summed E-state index contributed by atoms with van der Waals surface area (Å²) < 4.78 is 40.7. The van der Waals surface area contributed by atoms with Gasteiger partial charge in [0.2, 0.25) is 0 Å². The Morgan fingerprint density at radius 1 is 0.804 bits per heavy atom. The van der Waals surface area contributed by atoms with Gasteiger partial charge in [0.05, 0.1) is 30.5 Å². The van der Waals surface area contributed by atoms with Crippen LogP contribution in [0.5, 0.6) is 5.75 Å². The van der Waals surface area contributed by atoms with Crippen LogP contribution >= 0.6 is 12.2 Å². The molecule has 4 rings (SSSR count). The number of rotatable bonds is 11. The molecule has 0 aliphatic carbocycles. The Balaban J connectivity index is 2.20. The van der Waals surface area contributed by atoms with Gasteiger partial charge in [-0.25, -0.2) is 4.79 Å². The van der Waals surface area contributed by atoms with E-state index in [2.05, 4.69) is 6.07 Å². The second-order valence-electron chi connectivity index (χ2n) is 11.2. The van der Waals surface area contributed by atoms with Gasteiger partial charge in [-0.15, -0.1) is 0 Å². The first-order valence-corrected chi connectivity index (χ1v) is 16.1. The first kappa shape index (κ1) is 38.2. The Hall–Kier alpha value is -5.59. The number of methoxy groups -OCH3 is 1. The molecule has 1 fully saturated rings. The third-order valence-corrected chi connectivity index (χ3v) is 8.05. The van der Waals surface area contributed by atoms with E-state index in [4.69, 9.17) is 45.4 Å². The fourth-order valence-electron chi connectivity index (χ4n) is 5.78. The van der Waals surface area contributed by atoms with Crippen LogP contribution in [-0.2, 0) is 47.6 Å². The summed E-state index contributed by atoms with van der Waals surface area (Å²) in [6, 6.07) is 17.2. The molecule has 0 N–H and O–H groups in total. The number of carbonyl (C=O) groups excluding carboxylic acids is 5. The summed E-state index contributed by atoms with van der Waals surface area (Å²) in [4.78, 5) is 63.6. The quantitative estimate of drug-likeness (QED) is 0.149. The molecule has 51 heavy (non-hydrogen) atoms. The fourth-order valence-corrected chi connectivity index (χ4v) is 6.12. The van der Waals surface area contributed by atoms with E-state index in [-0.39, 0.29) is 33.6 Å². The summed E-state index contributed by atoms with van der Waals surface area (Å²) in [5.41, 5.74) is 0.817. The first-order valence-electron chi connectivity index (χ1n) is 15.7. The van der Waals surface area contributed by atoms with Crippen molar-refractivity contribution < 1.29 is 57.1 Å². The molecular weight excluding hydrogens is 684 g/mol. The molecule has 0 unspecified atom stereocenters. The Morgan fingerprint density at radius 2 is 1.39 bits per heavy atom. The summed E-state index contributed by atoms with van der Waals surface area (Å²) in [6.07, 6.45) is -7.55. The van der Waals surface area contributed by atoms with Crippen LogP contribution in [0.2, 0.25) is 0 Å². The summed E-state index contributed by atoms with van der Waals surface area (Å²) in [7, 11) is 1.49. The third-order valence-electron chi connectivity index (χ3n) is 7.65. The van der Waals surface area contributed by atoms with Gasteiger partial charge in [-0.1, -0.05) is 54.7 Å². The molecule has 14 nitrogen and oxygen atoms in total. The van der Waals surface area contributed by atoms with Crippen molar-refractivity contribution in [2.24, 2.45) is 0 Å². The van der Waals surface area contributed by atoms with Crippen molar-refractivity contribution in [2.75, 3.05) is 20.3 Å². The average molecular weight is 721 g/mol. The molecule has 1 aliphatic heterocycles. The zero-order chi connectivity index (χ0) is 37.4. The van der Waals surface area contributed by atoms with Crippen molar-refractivity contribution in [3.05, 3.63) is 70.4 Å². The molecule has 0 radical (unpaired) electrons. The SMILES string of the molecule is CCOC(=O)c1c(-c2ccc(OC)cc2)c(C#N)c(=S)n([C@H]2O[C@@H](COC(C)=O)[C@@H](OC(C)=O)[C@@H](OC(C)=O)[C@@H]2OC(C)=O)c1-c1ccccc1. The minimum absolute atomic E-state index is 0.0360. The molecule has 2 heterocycles. The second kappa shape index (κ2) is 16.9. The van der Waals surface area contributed by atoms with E-state index in [9.17, 15) is 29.2 Å². The molecule has 15 heteroatoms. The highest BCUT2D eigenvalue weighted by atomic mass is 32.1. The van der Waals surface area contributed by atoms with Gasteiger partial charge in [-0.3, -0.25) is 23.7 Å². The van der Waals surface area contributed by atoms with Gasteiger partial charge in [0.1, 0.15) is 29.2 Å². The van der Waals surface area contributed by atoms with Gasteiger partial charge in [-0.05, 0) is 30.2 Å². The van der Waals surface area contributed by atoms with Crippen molar-refractivity contribution in [3.63, 3.8) is 0 Å². The molecule has 1 aliphatic rings. The highest BCUT2D eigenvalue weighted by Gasteiger charge is 2.53. The minimum Gasteiger partial charge on any atom is -0.497 e. The van der Waals surface area contributed by atoms with E-state index in [1.165, 1.54) is 11.7 Å². The largest absolute Gasteiger partial charge is 0.497 e. The minimum atomic E-state index is -1.60. The predicted octanol–water partition coefficient (Wildman–Crippen LogP) is 4.86. The second-order valence-corrected chi connectivity index (χ2v) is 11.6. The van der Waals surface area contributed by atoms with Gasteiger partial charge < -0.3 is 33.2 Å². The lowest BCUT2D eigenvalue weighted by Gasteiger charge is -2.45. The molecule has 5 atom stereocenters. The van der Waals surface area contributed by atoms with Crippen molar-refractivity contribution in [1.82, 2.24) is 4.57 Å². The van der Waals surface area contributed by atoms with Crippen molar-refractivity contribution >= 4 is 42.1 Å².